The first-order valence-electron chi connectivity index (χ1n) is 7.24. The lowest BCUT2D eigenvalue weighted by atomic mass is 10.0. The van der Waals surface area contributed by atoms with Crippen molar-refractivity contribution in [3.8, 4) is 71.7 Å². The van der Waals surface area contributed by atoms with Crippen LogP contribution in [0.25, 0.3) is 0 Å². The topological polar surface area (TPSA) is 175 Å². The Hall–Kier alpha value is -3.90. The highest BCUT2D eigenvalue weighted by Gasteiger charge is 2.37. The Morgan fingerprint density at radius 1 is 0.821 bits per heavy atom. The Labute approximate surface area is 178 Å². The normalized spacial score (nSPS) is 11.8. The van der Waals surface area contributed by atoms with E-state index in [9.17, 15) is 24.9 Å². The summed E-state index contributed by atoms with van der Waals surface area (Å²) < 4.78 is 0. The van der Waals surface area contributed by atoms with Crippen molar-refractivity contribution in [3.05, 3.63) is 0 Å². The van der Waals surface area contributed by atoms with Gasteiger partial charge in [-0.1, -0.05) is 0 Å². The van der Waals surface area contributed by atoms with Crippen molar-refractivity contribution < 1.29 is 56.5 Å². The van der Waals surface area contributed by atoms with Crippen LogP contribution in [-0.4, -0.2) is 68.9 Å². The molecule has 0 aromatic rings. The molecule has 0 rings (SSSR count). The van der Waals surface area contributed by atoms with Crippen LogP contribution >= 0.6 is 0 Å². The highest BCUT2D eigenvalue weighted by Crippen LogP contribution is 2.05. The van der Waals surface area contributed by atoms with Gasteiger partial charge in [0.1, 0.15) is 12.2 Å². The van der Waals surface area contributed by atoms with Gasteiger partial charge in [0, 0.05) is 51.3 Å². The molecular weight excluding hydrogens is 368 g/mol. The maximum absolute atomic E-state index is 11.5. The van der Waals surface area contributed by atoms with E-state index in [0.717, 1.165) is 0 Å². The lowest BCUT2D eigenvalue weighted by Crippen LogP contribution is -2.52. The van der Waals surface area contributed by atoms with Crippen molar-refractivity contribution in [2.45, 2.75) is 24.4 Å². The number of nitrogens with one attached hydrogen (secondary N) is 1. The molecule has 0 saturated heterocycles. The minimum absolute atomic E-state index is 0. The number of hydrogen-bond donors (Lipinski definition) is 7. The zero-order chi connectivity index (χ0) is 21.9. The lowest BCUT2D eigenvalue weighted by molar-refractivity contribution is -0.325. The smallest absolute Gasteiger partial charge is 0.335 e. The summed E-state index contributed by atoms with van der Waals surface area (Å²) in [7, 11) is 1.75. The molecule has 0 aliphatic rings. The number of aliphatic hydroxyl groups is 4. The van der Waals surface area contributed by atoms with Crippen molar-refractivity contribution in [2.24, 2.45) is 0 Å². The second kappa shape index (κ2) is 16.6. The zero-order valence-corrected chi connectivity index (χ0v) is 14.6. The summed E-state index contributed by atoms with van der Waals surface area (Å²) >= 11 is 0. The van der Waals surface area contributed by atoms with Crippen molar-refractivity contribution >= 4 is 11.9 Å². The fraction of sp³-hybridized carbons (Fsp3) is 0.263. The van der Waals surface area contributed by atoms with Gasteiger partial charge in [-0.3, -0.25) is 10.1 Å². The molecule has 0 fully saturated rings. The molecule has 9 N–H and O–H groups in total. The van der Waals surface area contributed by atoms with Crippen molar-refractivity contribution in [1.82, 2.24) is 5.32 Å². The second-order valence-electron chi connectivity index (χ2n) is 4.09. The van der Waals surface area contributed by atoms with Gasteiger partial charge in [-0.05, 0) is 29.6 Å². The largest absolute Gasteiger partial charge is 0.479 e. The summed E-state index contributed by atoms with van der Waals surface area (Å²) in [5.74, 6) is 19.5. The van der Waals surface area contributed by atoms with Crippen LogP contribution in [0.2, 0.25) is 0 Å². The van der Waals surface area contributed by atoms with E-state index in [1.54, 1.807) is 7.05 Å². The number of rotatable bonds is 5. The molecule has 0 heterocycles. The zero-order valence-electron chi connectivity index (χ0n) is 14.6. The van der Waals surface area contributed by atoms with Gasteiger partial charge in [-0.2, -0.15) is 0 Å². The monoisotopic (exact) mass is 407 g/mol. The fourth-order valence-electron chi connectivity index (χ4n) is 1.13. The SMILES string of the molecule is C#CC#CC#CC#CC#CC#CNC(=O)[C@@H](O)[C@H](O)[C@@H](O)[C@@H](O)C(=O)O.C[NH3+].[HH].[HH].[HH].[HH].[HH].[HH].[HH].[HH].[HH].[HH].[HH]. The van der Waals surface area contributed by atoms with Crippen LogP contribution in [0.5, 0.6) is 0 Å². The number of aliphatic carboxylic acids is 1. The van der Waals surface area contributed by atoms with Gasteiger partial charge in [-0.25, -0.2) is 4.79 Å². The van der Waals surface area contributed by atoms with Crippen molar-refractivity contribution in [3.63, 3.8) is 0 Å². The van der Waals surface area contributed by atoms with E-state index < -0.39 is 36.3 Å². The molecule has 0 radical (unpaired) electrons. The summed E-state index contributed by atoms with van der Waals surface area (Å²) in [5.41, 5.74) is 3.25. The maximum atomic E-state index is 11.5. The Bertz CT molecular complexity index is 927. The first-order chi connectivity index (χ1) is 13.3. The predicted octanol–water partition coefficient (Wildman–Crippen LogP) is -2.20. The van der Waals surface area contributed by atoms with Gasteiger partial charge in [0.15, 0.2) is 12.2 Å². The number of amides is 1. The molecular formula is C19H39N2O7+. The van der Waals surface area contributed by atoms with Crippen LogP contribution in [0.1, 0.15) is 15.7 Å². The summed E-state index contributed by atoms with van der Waals surface area (Å²) in [6, 6.07) is 2.03. The molecule has 0 aliphatic heterocycles. The molecule has 1 amide bonds. The standard InChI is InChI=1S/C18H11NO7.CH5N.11H2/c1-2-3-4-5-6-7-8-9-10-11-12-19-17(24)15(22)13(20)14(21)16(23)18(25)26;1-2;;;;;;;;;;;/h1,13-16,20-23H,(H,19,24)(H,25,26);2H2,1H3;11*1H/p+1/t13-,14-,15+,16-;;;;;;;;;;;;/m1............/s1. The number of carbonyl (C=O) groups excluding carboxylic acids is 1. The minimum atomic E-state index is -2.39. The first kappa shape index (κ1) is 26.3. The highest BCUT2D eigenvalue weighted by atomic mass is 16.4. The summed E-state index contributed by atoms with van der Waals surface area (Å²) in [5, 5.41) is 47.6. The Kier molecular flexibility index (Phi) is 15.6. The molecule has 4 atom stereocenters. The van der Waals surface area contributed by atoms with Crippen molar-refractivity contribution in [2.75, 3.05) is 7.05 Å². The number of hydrogen-bond acceptors (Lipinski definition) is 6. The molecule has 166 valence electrons. The van der Waals surface area contributed by atoms with Crippen molar-refractivity contribution in [1.29, 1.82) is 0 Å². The third-order valence-electron chi connectivity index (χ3n) is 2.34. The van der Waals surface area contributed by atoms with E-state index in [1.165, 1.54) is 0 Å². The average Bonchev–Trinajstić information content (AvgIpc) is 2.70. The number of quaternary nitrogens is 1. The van der Waals surface area contributed by atoms with Crippen LogP contribution < -0.4 is 11.1 Å². The van der Waals surface area contributed by atoms with Crippen LogP contribution in [-0.2, 0) is 9.59 Å². The van der Waals surface area contributed by atoms with Gasteiger partial charge in [-0.15, -0.1) is 6.42 Å². The van der Waals surface area contributed by atoms with E-state index in [0.29, 0.717) is 0 Å². The van der Waals surface area contributed by atoms with Crippen LogP contribution in [0.4, 0.5) is 0 Å². The van der Waals surface area contributed by atoms with E-state index >= 15 is 0 Å². The number of terminal acetylenes is 1. The number of carbonyl (C=O) groups is 2. The first-order valence-corrected chi connectivity index (χ1v) is 7.24. The van der Waals surface area contributed by atoms with E-state index in [4.69, 9.17) is 16.6 Å². The highest BCUT2D eigenvalue weighted by molar-refractivity contribution is 5.83. The maximum Gasteiger partial charge on any atom is 0.335 e. The predicted molar refractivity (Wildman–Crippen MR) is 120 cm³/mol. The summed E-state index contributed by atoms with van der Waals surface area (Å²) in [6.45, 7) is 0. The summed E-state index contributed by atoms with van der Waals surface area (Å²) in [6.07, 6.45) is -4.30. The summed E-state index contributed by atoms with van der Waals surface area (Å²) in [4.78, 5) is 21.9. The van der Waals surface area contributed by atoms with Gasteiger partial charge in [0.2, 0.25) is 0 Å². The van der Waals surface area contributed by atoms with E-state index in [2.05, 4.69) is 64.9 Å². The molecule has 9 nitrogen and oxygen atoms in total. The Morgan fingerprint density at radius 3 is 1.64 bits per heavy atom. The average molecular weight is 408 g/mol. The third-order valence-corrected chi connectivity index (χ3v) is 2.34. The number of carboxylic acids is 1. The molecule has 28 heavy (non-hydrogen) atoms. The Balaban J connectivity index is -0.0000000461. The molecule has 0 aliphatic carbocycles. The second-order valence-corrected chi connectivity index (χ2v) is 4.09. The van der Waals surface area contributed by atoms with Crippen LogP contribution in [0.3, 0.4) is 0 Å². The molecule has 0 aromatic carbocycles. The van der Waals surface area contributed by atoms with Gasteiger partial charge in [0.25, 0.3) is 5.91 Å². The number of carboxylic acid groups (broad SMARTS) is 1. The van der Waals surface area contributed by atoms with Crippen LogP contribution in [0.15, 0.2) is 0 Å². The molecule has 0 bridgehead atoms. The fourth-order valence-corrected chi connectivity index (χ4v) is 1.13. The number of aliphatic hydroxyl groups excluding tert-OH is 4. The molecule has 9 heteroatoms. The quantitative estimate of drug-likeness (QED) is 0.200. The third kappa shape index (κ3) is 11.6. The Morgan fingerprint density at radius 2 is 1.21 bits per heavy atom. The minimum Gasteiger partial charge on any atom is -0.479 e. The van der Waals surface area contributed by atoms with E-state index in [1.807, 2.05) is 11.4 Å². The lowest BCUT2D eigenvalue weighted by Gasteiger charge is -2.23. The van der Waals surface area contributed by atoms with Crippen LogP contribution in [0, 0.1) is 71.7 Å². The molecule has 0 aromatic heterocycles. The molecule has 0 saturated carbocycles. The van der Waals surface area contributed by atoms with Gasteiger partial charge in [0.05, 0.1) is 7.05 Å². The molecule has 0 unspecified atom stereocenters. The van der Waals surface area contributed by atoms with E-state index in [-0.39, 0.29) is 15.7 Å². The molecule has 0 spiro atoms. The van der Waals surface area contributed by atoms with Gasteiger partial charge >= 0.3 is 5.97 Å². The van der Waals surface area contributed by atoms with Gasteiger partial charge < -0.3 is 31.3 Å².